The van der Waals surface area contributed by atoms with Gasteiger partial charge in [-0.2, -0.15) is 13.2 Å². The van der Waals surface area contributed by atoms with Crippen molar-refractivity contribution in [1.82, 2.24) is 0 Å². The van der Waals surface area contributed by atoms with E-state index in [2.05, 4.69) is 6.92 Å². The van der Waals surface area contributed by atoms with E-state index in [4.69, 9.17) is 9.47 Å². The first-order valence-electron chi connectivity index (χ1n) is 10.7. The standard InChI is InChI=1S/C23H37F3O2/c1-5-8-9-10-11-12-15-20(22(4,27-6-2)28-7-3)17-19-14-13-16-21(18-19)23(24,25)26/h13-14,16,18,20H,5-12,15,17H2,1-4H3. The van der Waals surface area contributed by atoms with Crippen LogP contribution in [-0.2, 0) is 22.1 Å². The molecule has 0 fully saturated rings. The van der Waals surface area contributed by atoms with E-state index >= 15 is 0 Å². The van der Waals surface area contributed by atoms with Crippen LogP contribution in [0, 0.1) is 5.92 Å². The predicted octanol–water partition coefficient (Wildman–Crippen LogP) is 7.40. The Hall–Kier alpha value is -1.07. The summed E-state index contributed by atoms with van der Waals surface area (Å²) in [6, 6.07) is 5.63. The van der Waals surface area contributed by atoms with Crippen LogP contribution in [0.25, 0.3) is 0 Å². The lowest BCUT2D eigenvalue weighted by Crippen LogP contribution is -2.42. The van der Waals surface area contributed by atoms with Gasteiger partial charge in [-0.25, -0.2) is 0 Å². The molecule has 0 spiro atoms. The summed E-state index contributed by atoms with van der Waals surface area (Å²) in [5, 5.41) is 0. The molecule has 0 aliphatic carbocycles. The van der Waals surface area contributed by atoms with Gasteiger partial charge in [0.1, 0.15) is 0 Å². The molecule has 1 rings (SSSR count). The summed E-state index contributed by atoms with van der Waals surface area (Å²) < 4.78 is 51.2. The first-order chi connectivity index (χ1) is 13.3. The average molecular weight is 403 g/mol. The van der Waals surface area contributed by atoms with Crippen LogP contribution >= 0.6 is 0 Å². The fourth-order valence-electron chi connectivity index (χ4n) is 3.73. The zero-order valence-electron chi connectivity index (χ0n) is 17.9. The Balaban J connectivity index is 2.90. The second-order valence-electron chi connectivity index (χ2n) is 7.54. The Morgan fingerprint density at radius 2 is 1.50 bits per heavy atom. The first kappa shape index (κ1) is 25.0. The molecule has 0 heterocycles. The van der Waals surface area contributed by atoms with E-state index in [9.17, 15) is 13.2 Å². The van der Waals surface area contributed by atoms with Crippen molar-refractivity contribution in [3.8, 4) is 0 Å². The van der Waals surface area contributed by atoms with Crippen LogP contribution in [0.1, 0.15) is 83.8 Å². The van der Waals surface area contributed by atoms with Gasteiger partial charge >= 0.3 is 6.18 Å². The zero-order chi connectivity index (χ0) is 21.0. The highest BCUT2D eigenvalue weighted by molar-refractivity contribution is 5.26. The summed E-state index contributed by atoms with van der Waals surface area (Å²) in [5.74, 6) is -0.789. The van der Waals surface area contributed by atoms with Crippen LogP contribution in [0.2, 0.25) is 0 Å². The Kier molecular flexibility index (Phi) is 11.1. The minimum atomic E-state index is -4.33. The molecule has 5 heteroatoms. The molecule has 0 aromatic heterocycles. The number of benzene rings is 1. The number of hydrogen-bond donors (Lipinski definition) is 0. The quantitative estimate of drug-likeness (QED) is 0.238. The topological polar surface area (TPSA) is 18.5 Å². The van der Waals surface area contributed by atoms with Crippen molar-refractivity contribution in [2.45, 2.75) is 91.0 Å². The van der Waals surface area contributed by atoms with E-state index in [1.54, 1.807) is 6.07 Å². The number of alkyl halides is 3. The van der Waals surface area contributed by atoms with Crippen LogP contribution in [0.15, 0.2) is 24.3 Å². The van der Waals surface area contributed by atoms with Gasteiger partial charge in [0.2, 0.25) is 0 Å². The molecule has 0 saturated carbocycles. The molecule has 1 unspecified atom stereocenters. The summed E-state index contributed by atoms with van der Waals surface area (Å²) in [5.41, 5.74) is 0.0780. The molecular formula is C23H37F3O2. The lowest BCUT2D eigenvalue weighted by molar-refractivity contribution is -0.253. The fraction of sp³-hybridized carbons (Fsp3) is 0.739. The van der Waals surface area contributed by atoms with E-state index in [1.165, 1.54) is 37.8 Å². The molecule has 1 aromatic carbocycles. The van der Waals surface area contributed by atoms with Crippen LogP contribution in [-0.4, -0.2) is 19.0 Å². The van der Waals surface area contributed by atoms with E-state index in [0.29, 0.717) is 25.2 Å². The van der Waals surface area contributed by atoms with E-state index < -0.39 is 17.5 Å². The van der Waals surface area contributed by atoms with E-state index in [0.717, 1.165) is 25.3 Å². The maximum Gasteiger partial charge on any atom is 0.416 e. The second kappa shape index (κ2) is 12.5. The Morgan fingerprint density at radius 1 is 0.893 bits per heavy atom. The molecule has 2 nitrogen and oxygen atoms in total. The number of hydrogen-bond acceptors (Lipinski definition) is 2. The largest absolute Gasteiger partial charge is 0.416 e. The number of ether oxygens (including phenoxy) is 2. The van der Waals surface area contributed by atoms with Gasteiger partial charge in [0.05, 0.1) is 5.56 Å². The molecule has 0 saturated heterocycles. The van der Waals surface area contributed by atoms with Gasteiger partial charge < -0.3 is 9.47 Å². The average Bonchev–Trinajstić information content (AvgIpc) is 2.63. The zero-order valence-corrected chi connectivity index (χ0v) is 17.9. The minimum Gasteiger partial charge on any atom is -0.350 e. The maximum absolute atomic E-state index is 13.1. The minimum absolute atomic E-state index is 0.00191. The highest BCUT2D eigenvalue weighted by atomic mass is 19.4. The Morgan fingerprint density at radius 3 is 2.07 bits per heavy atom. The highest BCUT2D eigenvalue weighted by Crippen LogP contribution is 2.34. The second-order valence-corrected chi connectivity index (χ2v) is 7.54. The molecule has 1 atom stereocenters. The molecule has 0 N–H and O–H groups in total. The van der Waals surface area contributed by atoms with Crippen molar-refractivity contribution in [3.63, 3.8) is 0 Å². The molecule has 28 heavy (non-hydrogen) atoms. The van der Waals surface area contributed by atoms with E-state index in [-0.39, 0.29) is 5.92 Å². The van der Waals surface area contributed by atoms with Gasteiger partial charge in [-0.1, -0.05) is 63.6 Å². The van der Waals surface area contributed by atoms with Gasteiger partial charge in [0, 0.05) is 19.1 Å². The third kappa shape index (κ3) is 8.52. The Labute approximate surface area is 168 Å². The number of rotatable bonds is 14. The smallest absolute Gasteiger partial charge is 0.350 e. The lowest BCUT2D eigenvalue weighted by Gasteiger charge is -2.37. The van der Waals surface area contributed by atoms with Gasteiger partial charge in [-0.15, -0.1) is 0 Å². The molecule has 0 aliphatic heterocycles. The monoisotopic (exact) mass is 402 g/mol. The van der Waals surface area contributed by atoms with Crippen molar-refractivity contribution < 1.29 is 22.6 Å². The summed E-state index contributed by atoms with van der Waals surface area (Å²) >= 11 is 0. The van der Waals surface area contributed by atoms with Crippen LogP contribution in [0.4, 0.5) is 13.2 Å². The summed E-state index contributed by atoms with van der Waals surface area (Å²) in [6.07, 6.45) is 4.12. The third-order valence-electron chi connectivity index (χ3n) is 5.25. The molecule has 0 bridgehead atoms. The van der Waals surface area contributed by atoms with Gasteiger partial charge in [-0.3, -0.25) is 0 Å². The summed E-state index contributed by atoms with van der Waals surface area (Å²) in [4.78, 5) is 0. The number of halogens is 3. The first-order valence-corrected chi connectivity index (χ1v) is 10.7. The summed E-state index contributed by atoms with van der Waals surface area (Å²) in [6.45, 7) is 8.97. The molecule has 1 aromatic rings. The van der Waals surface area contributed by atoms with Gasteiger partial charge in [0.25, 0.3) is 0 Å². The fourth-order valence-corrected chi connectivity index (χ4v) is 3.73. The van der Waals surface area contributed by atoms with E-state index in [1.807, 2.05) is 20.8 Å². The van der Waals surface area contributed by atoms with Crippen LogP contribution in [0.3, 0.4) is 0 Å². The molecule has 162 valence electrons. The molecule has 0 radical (unpaired) electrons. The molecule has 0 aliphatic rings. The van der Waals surface area contributed by atoms with Gasteiger partial charge in [0.15, 0.2) is 5.79 Å². The van der Waals surface area contributed by atoms with Crippen LogP contribution < -0.4 is 0 Å². The lowest BCUT2D eigenvalue weighted by atomic mass is 9.86. The maximum atomic E-state index is 13.1. The number of unbranched alkanes of at least 4 members (excludes halogenated alkanes) is 5. The third-order valence-corrected chi connectivity index (χ3v) is 5.25. The normalized spacial score (nSPS) is 13.7. The Bertz CT molecular complexity index is 537. The summed E-state index contributed by atoms with van der Waals surface area (Å²) in [7, 11) is 0. The molecule has 0 amide bonds. The van der Waals surface area contributed by atoms with Crippen molar-refractivity contribution in [2.24, 2.45) is 5.92 Å². The molecular weight excluding hydrogens is 365 g/mol. The van der Waals surface area contributed by atoms with Crippen molar-refractivity contribution in [3.05, 3.63) is 35.4 Å². The van der Waals surface area contributed by atoms with Crippen LogP contribution in [0.5, 0.6) is 0 Å². The van der Waals surface area contributed by atoms with Crippen molar-refractivity contribution >= 4 is 0 Å². The van der Waals surface area contributed by atoms with Crippen molar-refractivity contribution in [1.29, 1.82) is 0 Å². The SMILES string of the molecule is CCCCCCCCC(Cc1cccc(C(F)(F)F)c1)C(C)(OCC)OCC. The predicted molar refractivity (Wildman–Crippen MR) is 108 cm³/mol. The highest BCUT2D eigenvalue weighted by Gasteiger charge is 2.36. The van der Waals surface area contributed by atoms with Crippen molar-refractivity contribution in [2.75, 3.05) is 13.2 Å². The van der Waals surface area contributed by atoms with Gasteiger partial charge in [-0.05, 0) is 45.2 Å².